The maximum Gasteiger partial charge on any atom is 0.425 e. The number of aliphatic carboxylic acids is 1. The molecule has 0 radical (unpaired) electrons. The monoisotopic (exact) mass is 575 g/mol. The molecule has 2 aromatic rings. The lowest BCUT2D eigenvalue weighted by molar-refractivity contribution is -0.191. The van der Waals surface area contributed by atoms with Gasteiger partial charge in [-0.2, -0.15) is 26.3 Å². The van der Waals surface area contributed by atoms with Crippen LogP contribution in [-0.2, 0) is 17.6 Å². The highest BCUT2D eigenvalue weighted by molar-refractivity contribution is 5.87. The SMILES string of the molecule is C[C@H](Oc1ccc(COc2cc(F)c3c(c2)OCC(CN2CCC=C(C(=O)O)C2)=C3)cc1C(F)(F)F)C(F)(F)F. The van der Waals surface area contributed by atoms with E-state index in [-0.39, 0.29) is 41.4 Å². The predicted octanol–water partition coefficient (Wildman–Crippen LogP) is 6.25. The first-order valence-electron chi connectivity index (χ1n) is 12.1. The zero-order valence-corrected chi connectivity index (χ0v) is 21.0. The Morgan fingerprint density at radius 1 is 1.15 bits per heavy atom. The highest BCUT2D eigenvalue weighted by atomic mass is 19.4. The van der Waals surface area contributed by atoms with Crippen molar-refractivity contribution in [2.75, 3.05) is 26.2 Å². The lowest BCUT2D eigenvalue weighted by Crippen LogP contribution is -2.35. The maximum atomic E-state index is 14.9. The molecule has 0 aliphatic carbocycles. The Hall–Kier alpha value is -3.74. The largest absolute Gasteiger partial charge is 0.489 e. The molecule has 2 heterocycles. The maximum absolute atomic E-state index is 14.9. The highest BCUT2D eigenvalue weighted by Gasteiger charge is 2.41. The molecule has 0 fully saturated rings. The Morgan fingerprint density at radius 2 is 1.90 bits per heavy atom. The third-order valence-electron chi connectivity index (χ3n) is 6.28. The summed E-state index contributed by atoms with van der Waals surface area (Å²) < 4.78 is 109. The Bertz CT molecular complexity index is 1330. The van der Waals surface area contributed by atoms with Crippen LogP contribution in [0.5, 0.6) is 17.2 Å². The van der Waals surface area contributed by atoms with Gasteiger partial charge in [0.25, 0.3) is 0 Å². The van der Waals surface area contributed by atoms with Gasteiger partial charge in [-0.05, 0) is 42.7 Å². The summed E-state index contributed by atoms with van der Waals surface area (Å²) in [5.74, 6) is -2.53. The number of alkyl halides is 6. The number of carboxylic acids is 1. The van der Waals surface area contributed by atoms with E-state index in [2.05, 4.69) is 4.74 Å². The van der Waals surface area contributed by atoms with Crippen molar-refractivity contribution in [2.45, 2.75) is 38.4 Å². The van der Waals surface area contributed by atoms with Crippen molar-refractivity contribution < 1.29 is 54.8 Å². The third kappa shape index (κ3) is 7.06. The van der Waals surface area contributed by atoms with Gasteiger partial charge in [0, 0.05) is 37.3 Å². The zero-order valence-electron chi connectivity index (χ0n) is 21.0. The molecule has 1 atom stereocenters. The van der Waals surface area contributed by atoms with Crippen LogP contribution in [-0.4, -0.2) is 54.5 Å². The topological polar surface area (TPSA) is 68.2 Å². The normalized spacial score (nSPS) is 16.8. The van der Waals surface area contributed by atoms with Crippen molar-refractivity contribution in [2.24, 2.45) is 0 Å². The minimum Gasteiger partial charge on any atom is -0.489 e. The summed E-state index contributed by atoms with van der Waals surface area (Å²) in [4.78, 5) is 13.1. The Labute approximate surface area is 224 Å². The van der Waals surface area contributed by atoms with Crippen molar-refractivity contribution >= 4 is 12.0 Å². The molecule has 0 spiro atoms. The van der Waals surface area contributed by atoms with Crippen molar-refractivity contribution in [3.05, 3.63) is 70.1 Å². The van der Waals surface area contributed by atoms with Crippen molar-refractivity contribution in [3.63, 3.8) is 0 Å². The lowest BCUT2D eigenvalue weighted by Gasteiger charge is -2.28. The summed E-state index contributed by atoms with van der Waals surface area (Å²) in [7, 11) is 0. The fourth-order valence-electron chi connectivity index (χ4n) is 4.22. The first kappa shape index (κ1) is 29.2. The number of rotatable bonds is 8. The van der Waals surface area contributed by atoms with E-state index in [0.29, 0.717) is 32.5 Å². The number of carbonyl (C=O) groups is 1. The number of carboxylic acid groups (broad SMARTS) is 1. The van der Waals surface area contributed by atoms with Gasteiger partial charge >= 0.3 is 18.3 Å². The molecule has 2 aliphatic heterocycles. The molecule has 0 amide bonds. The van der Waals surface area contributed by atoms with Gasteiger partial charge in [0.05, 0.1) is 11.1 Å². The Morgan fingerprint density at radius 3 is 2.58 bits per heavy atom. The second-order valence-electron chi connectivity index (χ2n) is 9.36. The first-order valence-corrected chi connectivity index (χ1v) is 12.1. The van der Waals surface area contributed by atoms with Crippen LogP contribution < -0.4 is 14.2 Å². The number of nitrogens with zero attached hydrogens (tertiary/aromatic N) is 1. The molecule has 2 aromatic carbocycles. The molecule has 0 unspecified atom stereocenters. The minimum absolute atomic E-state index is 0.0278. The van der Waals surface area contributed by atoms with E-state index in [1.807, 2.05) is 4.90 Å². The summed E-state index contributed by atoms with van der Waals surface area (Å²) in [6.07, 6.45) is -8.45. The average Bonchev–Trinajstić information content (AvgIpc) is 2.87. The van der Waals surface area contributed by atoms with Gasteiger partial charge in [0.15, 0.2) is 6.10 Å². The van der Waals surface area contributed by atoms with E-state index in [9.17, 15) is 40.6 Å². The summed E-state index contributed by atoms with van der Waals surface area (Å²) in [5.41, 5.74) is -0.260. The number of halogens is 7. The molecule has 1 N–H and O–H groups in total. The molecule has 40 heavy (non-hydrogen) atoms. The molecule has 0 saturated carbocycles. The van der Waals surface area contributed by atoms with Crippen LogP contribution in [0.2, 0.25) is 0 Å². The van der Waals surface area contributed by atoms with Crippen molar-refractivity contribution in [1.29, 1.82) is 0 Å². The number of ether oxygens (including phenoxy) is 3. The second-order valence-corrected chi connectivity index (χ2v) is 9.36. The van der Waals surface area contributed by atoms with Crippen LogP contribution in [0.3, 0.4) is 0 Å². The molecular weight excluding hydrogens is 551 g/mol. The smallest absolute Gasteiger partial charge is 0.425 e. The van der Waals surface area contributed by atoms with Gasteiger partial charge in [-0.15, -0.1) is 0 Å². The molecule has 216 valence electrons. The molecule has 0 saturated heterocycles. The summed E-state index contributed by atoms with van der Waals surface area (Å²) >= 11 is 0. The van der Waals surface area contributed by atoms with Crippen LogP contribution in [0.25, 0.3) is 6.08 Å². The molecule has 0 aromatic heterocycles. The molecule has 2 aliphatic rings. The van der Waals surface area contributed by atoms with E-state index in [1.165, 1.54) is 6.07 Å². The number of fused-ring (bicyclic) bond motifs is 1. The highest BCUT2D eigenvalue weighted by Crippen LogP contribution is 2.39. The zero-order chi connectivity index (χ0) is 29.2. The fourth-order valence-corrected chi connectivity index (χ4v) is 4.22. The molecule has 0 bridgehead atoms. The van der Waals surface area contributed by atoms with Crippen molar-refractivity contribution in [1.82, 2.24) is 4.90 Å². The summed E-state index contributed by atoms with van der Waals surface area (Å²) in [5, 5.41) is 9.20. The Kier molecular flexibility index (Phi) is 8.33. The van der Waals surface area contributed by atoms with E-state index >= 15 is 0 Å². The predicted molar refractivity (Wildman–Crippen MR) is 129 cm³/mol. The van der Waals surface area contributed by atoms with Gasteiger partial charge in [-0.25, -0.2) is 9.18 Å². The molecule has 6 nitrogen and oxygen atoms in total. The molecular formula is C27H24F7NO5. The van der Waals surface area contributed by atoms with Gasteiger partial charge in [0.2, 0.25) is 0 Å². The van der Waals surface area contributed by atoms with Gasteiger partial charge in [0.1, 0.15) is 36.3 Å². The summed E-state index contributed by atoms with van der Waals surface area (Å²) in [6.45, 7) is 1.55. The second kappa shape index (κ2) is 11.4. The van der Waals surface area contributed by atoms with Gasteiger partial charge < -0.3 is 19.3 Å². The van der Waals surface area contributed by atoms with E-state index in [1.54, 1.807) is 12.2 Å². The van der Waals surface area contributed by atoms with Crippen LogP contribution in [0.15, 0.2) is 47.6 Å². The standard InChI is InChI=1S/C27H24F7NO5/c1-15(26(29,30)31)40-23-5-4-16(8-21(23)27(32,33)34)13-38-19-9-22(28)20-7-17(14-39-24(20)10-19)11-35-6-2-3-18(12-35)25(36)37/h3-5,7-10,15H,2,6,11-14H2,1H3,(H,36,37)/t15-/m0/s1. The van der Waals surface area contributed by atoms with Crippen LogP contribution in [0.1, 0.15) is 30.0 Å². The number of benzene rings is 2. The molecule has 4 rings (SSSR count). The van der Waals surface area contributed by atoms with Gasteiger partial charge in [-0.1, -0.05) is 12.1 Å². The first-order chi connectivity index (χ1) is 18.7. The van der Waals surface area contributed by atoms with E-state index < -0.39 is 48.2 Å². The lowest BCUT2D eigenvalue weighted by atomic mass is 10.0. The minimum atomic E-state index is -4.99. The van der Waals surface area contributed by atoms with Crippen molar-refractivity contribution in [3.8, 4) is 17.2 Å². The quantitative estimate of drug-likeness (QED) is 0.376. The Balaban J connectivity index is 1.45. The van der Waals surface area contributed by atoms with Crippen LogP contribution >= 0.6 is 0 Å². The van der Waals surface area contributed by atoms with Crippen LogP contribution in [0.4, 0.5) is 30.7 Å². The van der Waals surface area contributed by atoms with Crippen LogP contribution in [0, 0.1) is 5.82 Å². The fraction of sp³-hybridized carbons (Fsp3) is 0.370. The van der Waals surface area contributed by atoms with E-state index in [4.69, 9.17) is 9.47 Å². The van der Waals surface area contributed by atoms with E-state index in [0.717, 1.165) is 23.8 Å². The average molecular weight is 575 g/mol. The van der Waals surface area contributed by atoms with Gasteiger partial charge in [-0.3, -0.25) is 4.90 Å². The number of hydrogen-bond acceptors (Lipinski definition) is 5. The molecule has 13 heteroatoms. The number of hydrogen-bond donors (Lipinski definition) is 1. The summed E-state index contributed by atoms with van der Waals surface area (Å²) in [6, 6.07) is 4.94. The third-order valence-corrected chi connectivity index (χ3v) is 6.28.